The van der Waals surface area contributed by atoms with Gasteiger partial charge in [-0.2, -0.15) is 0 Å². The van der Waals surface area contributed by atoms with E-state index in [0.29, 0.717) is 16.4 Å². The van der Waals surface area contributed by atoms with Crippen LogP contribution in [0.4, 0.5) is 5.69 Å². The summed E-state index contributed by atoms with van der Waals surface area (Å²) < 4.78 is 1.64. The van der Waals surface area contributed by atoms with E-state index < -0.39 is 0 Å². The molecule has 6 heteroatoms. The van der Waals surface area contributed by atoms with Gasteiger partial charge in [0.25, 0.3) is 5.91 Å². The van der Waals surface area contributed by atoms with Gasteiger partial charge in [-0.25, -0.2) is 4.68 Å². The Bertz CT molecular complexity index is 916. The number of halogens is 1. The Labute approximate surface area is 151 Å². The van der Waals surface area contributed by atoms with Gasteiger partial charge in [0, 0.05) is 10.7 Å². The van der Waals surface area contributed by atoms with E-state index in [-0.39, 0.29) is 5.91 Å². The Morgan fingerprint density at radius 3 is 2.56 bits per heavy atom. The Kier molecular flexibility index (Phi) is 4.86. The van der Waals surface area contributed by atoms with Gasteiger partial charge < -0.3 is 5.32 Å². The minimum atomic E-state index is -0.285. The molecule has 1 aromatic heterocycles. The van der Waals surface area contributed by atoms with Gasteiger partial charge in [0.05, 0.1) is 11.4 Å². The molecule has 0 radical (unpaired) electrons. The summed E-state index contributed by atoms with van der Waals surface area (Å²) >= 11 is 6.08. The normalized spacial score (nSPS) is 10.7. The molecule has 5 nitrogen and oxygen atoms in total. The fourth-order valence-electron chi connectivity index (χ4n) is 2.59. The molecule has 1 heterocycles. The van der Waals surface area contributed by atoms with E-state index >= 15 is 0 Å². The quantitative estimate of drug-likeness (QED) is 0.757. The minimum absolute atomic E-state index is 0.285. The highest BCUT2D eigenvalue weighted by atomic mass is 35.5. The molecule has 1 N–H and O–H groups in total. The molecule has 0 fully saturated rings. The molecule has 2 aromatic carbocycles. The highest BCUT2D eigenvalue weighted by Crippen LogP contribution is 2.21. The SMILES string of the molecule is CCc1ccc(NC(=O)c2nnn(-c3cc(Cl)ccc3C)c2C)cc1. The van der Waals surface area contributed by atoms with Gasteiger partial charge in [-0.1, -0.05) is 41.9 Å². The fraction of sp³-hybridized carbons (Fsp3) is 0.211. The van der Waals surface area contributed by atoms with Gasteiger partial charge in [-0.05, 0) is 55.7 Å². The predicted molar refractivity (Wildman–Crippen MR) is 99.6 cm³/mol. The number of aryl methyl sites for hydroxylation is 2. The Hall–Kier alpha value is -2.66. The zero-order chi connectivity index (χ0) is 18.0. The van der Waals surface area contributed by atoms with Crippen LogP contribution in [0.2, 0.25) is 5.02 Å². The molecule has 128 valence electrons. The van der Waals surface area contributed by atoms with Crippen molar-refractivity contribution < 1.29 is 4.79 Å². The van der Waals surface area contributed by atoms with E-state index in [1.165, 1.54) is 5.56 Å². The molecule has 25 heavy (non-hydrogen) atoms. The number of nitrogens with zero attached hydrogens (tertiary/aromatic N) is 3. The molecule has 0 spiro atoms. The number of carbonyl (C=O) groups is 1. The molecule has 0 atom stereocenters. The summed E-state index contributed by atoms with van der Waals surface area (Å²) in [7, 11) is 0. The van der Waals surface area contributed by atoms with Gasteiger partial charge in [-0.15, -0.1) is 5.10 Å². The number of hydrogen-bond donors (Lipinski definition) is 1. The van der Waals surface area contributed by atoms with Crippen molar-refractivity contribution in [2.24, 2.45) is 0 Å². The molecule has 3 rings (SSSR count). The first-order valence-electron chi connectivity index (χ1n) is 8.08. The number of amides is 1. The lowest BCUT2D eigenvalue weighted by atomic mass is 10.1. The Balaban J connectivity index is 1.87. The zero-order valence-electron chi connectivity index (χ0n) is 14.4. The van der Waals surface area contributed by atoms with E-state index in [1.54, 1.807) is 4.68 Å². The third-order valence-corrected chi connectivity index (χ3v) is 4.36. The number of aromatic nitrogens is 3. The summed E-state index contributed by atoms with van der Waals surface area (Å²) in [4.78, 5) is 12.5. The predicted octanol–water partition coefficient (Wildman–Crippen LogP) is 4.35. The second-order valence-electron chi connectivity index (χ2n) is 5.87. The minimum Gasteiger partial charge on any atom is -0.321 e. The van der Waals surface area contributed by atoms with Gasteiger partial charge in [-0.3, -0.25) is 4.79 Å². The first-order valence-corrected chi connectivity index (χ1v) is 8.46. The molecule has 0 bridgehead atoms. The maximum atomic E-state index is 12.5. The summed E-state index contributed by atoms with van der Waals surface area (Å²) in [6, 6.07) is 13.3. The third-order valence-electron chi connectivity index (χ3n) is 4.13. The average Bonchev–Trinajstić information content (AvgIpc) is 2.99. The number of anilines is 1. The lowest BCUT2D eigenvalue weighted by molar-refractivity contribution is 0.102. The van der Waals surface area contributed by atoms with Crippen molar-refractivity contribution in [3.63, 3.8) is 0 Å². The molecule has 3 aromatic rings. The molecule has 0 saturated carbocycles. The van der Waals surface area contributed by atoms with Crippen LogP contribution in [0.3, 0.4) is 0 Å². The smallest absolute Gasteiger partial charge is 0.278 e. The first-order chi connectivity index (χ1) is 12.0. The van der Waals surface area contributed by atoms with Gasteiger partial charge in [0.2, 0.25) is 0 Å². The summed E-state index contributed by atoms with van der Waals surface area (Å²) in [6.45, 7) is 5.87. The highest BCUT2D eigenvalue weighted by molar-refractivity contribution is 6.30. The van der Waals surface area contributed by atoms with E-state index in [0.717, 1.165) is 23.4 Å². The van der Waals surface area contributed by atoms with Crippen molar-refractivity contribution in [1.82, 2.24) is 15.0 Å². The largest absolute Gasteiger partial charge is 0.321 e. The topological polar surface area (TPSA) is 59.8 Å². The van der Waals surface area contributed by atoms with Gasteiger partial charge >= 0.3 is 0 Å². The highest BCUT2D eigenvalue weighted by Gasteiger charge is 2.18. The van der Waals surface area contributed by atoms with Crippen molar-refractivity contribution in [3.05, 3.63) is 70.0 Å². The molecule has 1 amide bonds. The maximum Gasteiger partial charge on any atom is 0.278 e. The number of hydrogen-bond acceptors (Lipinski definition) is 3. The van der Waals surface area contributed by atoms with Crippen LogP contribution >= 0.6 is 11.6 Å². The van der Waals surface area contributed by atoms with Gasteiger partial charge in [0.1, 0.15) is 0 Å². The molecule has 0 unspecified atom stereocenters. The van der Waals surface area contributed by atoms with Crippen LogP contribution in [0.1, 0.15) is 34.2 Å². The van der Waals surface area contributed by atoms with E-state index in [9.17, 15) is 4.79 Å². The van der Waals surface area contributed by atoms with E-state index in [2.05, 4.69) is 22.6 Å². The van der Waals surface area contributed by atoms with Crippen molar-refractivity contribution in [2.75, 3.05) is 5.32 Å². The Morgan fingerprint density at radius 2 is 1.88 bits per heavy atom. The van der Waals surface area contributed by atoms with Crippen LogP contribution in [0.25, 0.3) is 5.69 Å². The van der Waals surface area contributed by atoms with Crippen molar-refractivity contribution in [3.8, 4) is 5.69 Å². The zero-order valence-corrected chi connectivity index (χ0v) is 15.1. The van der Waals surface area contributed by atoms with E-state index in [4.69, 9.17) is 11.6 Å². The number of benzene rings is 2. The third kappa shape index (κ3) is 3.56. The summed E-state index contributed by atoms with van der Waals surface area (Å²) in [5.41, 5.74) is 4.71. The fourth-order valence-corrected chi connectivity index (χ4v) is 2.76. The monoisotopic (exact) mass is 354 g/mol. The molecule has 0 saturated heterocycles. The molecular formula is C19H19ClN4O. The summed E-state index contributed by atoms with van der Waals surface area (Å²) in [5.74, 6) is -0.285. The summed E-state index contributed by atoms with van der Waals surface area (Å²) in [6.07, 6.45) is 0.959. The van der Waals surface area contributed by atoms with Crippen LogP contribution in [0, 0.1) is 13.8 Å². The number of nitrogens with one attached hydrogen (secondary N) is 1. The van der Waals surface area contributed by atoms with E-state index in [1.807, 2.05) is 56.3 Å². The van der Waals surface area contributed by atoms with Crippen molar-refractivity contribution >= 4 is 23.2 Å². The standard InChI is InChI=1S/C19H19ClN4O/c1-4-14-6-9-16(10-7-14)21-19(25)18-13(3)24(23-22-18)17-11-15(20)8-5-12(17)2/h5-11H,4H2,1-3H3,(H,21,25). The molecular weight excluding hydrogens is 336 g/mol. The molecule has 0 aliphatic rings. The van der Waals surface area contributed by atoms with Crippen LogP contribution in [-0.4, -0.2) is 20.9 Å². The first kappa shape index (κ1) is 17.2. The molecule has 0 aliphatic carbocycles. The van der Waals surface area contributed by atoms with Crippen molar-refractivity contribution in [1.29, 1.82) is 0 Å². The van der Waals surface area contributed by atoms with Gasteiger partial charge in [0.15, 0.2) is 5.69 Å². The Morgan fingerprint density at radius 1 is 1.16 bits per heavy atom. The maximum absolute atomic E-state index is 12.5. The average molecular weight is 355 g/mol. The second-order valence-corrected chi connectivity index (χ2v) is 6.31. The molecule has 0 aliphatic heterocycles. The van der Waals surface area contributed by atoms with Crippen LogP contribution < -0.4 is 5.32 Å². The lowest BCUT2D eigenvalue weighted by Gasteiger charge is -2.08. The number of rotatable bonds is 4. The lowest BCUT2D eigenvalue weighted by Crippen LogP contribution is -2.14. The van der Waals surface area contributed by atoms with Crippen LogP contribution in [-0.2, 0) is 6.42 Å². The second kappa shape index (κ2) is 7.07. The van der Waals surface area contributed by atoms with Crippen LogP contribution in [0.5, 0.6) is 0 Å². The number of carbonyl (C=O) groups excluding carboxylic acids is 1. The van der Waals surface area contributed by atoms with Crippen LogP contribution in [0.15, 0.2) is 42.5 Å². The summed E-state index contributed by atoms with van der Waals surface area (Å²) in [5, 5.41) is 11.6. The van der Waals surface area contributed by atoms with Crippen molar-refractivity contribution in [2.45, 2.75) is 27.2 Å².